The Labute approximate surface area is 192 Å². The predicted molar refractivity (Wildman–Crippen MR) is 122 cm³/mol. The zero-order valence-corrected chi connectivity index (χ0v) is 18.4. The van der Waals surface area contributed by atoms with Gasteiger partial charge >= 0.3 is 12.1 Å². The fourth-order valence-corrected chi connectivity index (χ4v) is 5.25. The molecule has 2 amide bonds. The summed E-state index contributed by atoms with van der Waals surface area (Å²) in [6.07, 6.45) is 2.76. The molecule has 7 heteroatoms. The number of rotatable bonds is 7. The molecule has 0 aromatic heterocycles. The molecule has 3 aliphatic carbocycles. The Balaban J connectivity index is 1.15. The summed E-state index contributed by atoms with van der Waals surface area (Å²) in [5.74, 6) is -1.28. The average Bonchev–Trinajstić information content (AvgIpc) is 3.07. The SMILES string of the molecule is O=C(NCC1(C(=O)NC2CC(C(=O)O)C2)CCC1)OCC1c2ccccc2-c2ccccc21. The molecule has 3 aliphatic rings. The molecule has 172 valence electrons. The van der Waals surface area contributed by atoms with E-state index in [1.54, 1.807) is 0 Å². The molecular formula is C26H28N2O5. The summed E-state index contributed by atoms with van der Waals surface area (Å²) in [6.45, 7) is 0.461. The highest BCUT2D eigenvalue weighted by Gasteiger charge is 2.46. The van der Waals surface area contributed by atoms with Crippen LogP contribution >= 0.6 is 0 Å². The number of carboxylic acid groups (broad SMARTS) is 1. The standard InChI is InChI=1S/C26H28N2O5/c29-23(30)16-12-17(13-16)28-24(31)26(10-5-11-26)15-27-25(32)33-14-22-20-8-3-1-6-18(20)19-7-2-4-9-21(19)22/h1-4,6-9,16-17,22H,5,10-15H2,(H,27,32)(H,28,31)(H,29,30). The molecule has 5 rings (SSSR count). The summed E-state index contributed by atoms with van der Waals surface area (Å²) >= 11 is 0. The van der Waals surface area contributed by atoms with Gasteiger partial charge in [-0.15, -0.1) is 0 Å². The van der Waals surface area contributed by atoms with Crippen molar-refractivity contribution in [2.24, 2.45) is 11.3 Å². The van der Waals surface area contributed by atoms with Crippen LogP contribution in [0.4, 0.5) is 4.79 Å². The highest BCUT2D eigenvalue weighted by molar-refractivity contribution is 5.85. The number of benzene rings is 2. The number of carboxylic acids is 1. The number of alkyl carbamates (subject to hydrolysis) is 1. The normalized spacial score (nSPS) is 22.2. The molecule has 0 heterocycles. The van der Waals surface area contributed by atoms with Crippen molar-refractivity contribution in [2.45, 2.75) is 44.1 Å². The van der Waals surface area contributed by atoms with Crippen LogP contribution in [0, 0.1) is 11.3 Å². The maximum atomic E-state index is 12.8. The van der Waals surface area contributed by atoms with Crippen molar-refractivity contribution in [1.82, 2.24) is 10.6 Å². The monoisotopic (exact) mass is 448 g/mol. The number of hydrogen-bond donors (Lipinski definition) is 3. The largest absolute Gasteiger partial charge is 0.481 e. The van der Waals surface area contributed by atoms with Crippen molar-refractivity contribution in [2.75, 3.05) is 13.2 Å². The molecule has 0 radical (unpaired) electrons. The minimum Gasteiger partial charge on any atom is -0.481 e. The molecular weight excluding hydrogens is 420 g/mol. The van der Waals surface area contributed by atoms with Crippen LogP contribution < -0.4 is 10.6 Å². The van der Waals surface area contributed by atoms with E-state index in [2.05, 4.69) is 34.9 Å². The molecule has 0 saturated heterocycles. The third-order valence-corrected chi connectivity index (χ3v) is 7.53. The van der Waals surface area contributed by atoms with Crippen molar-refractivity contribution in [3.8, 4) is 11.1 Å². The van der Waals surface area contributed by atoms with Crippen molar-refractivity contribution in [3.63, 3.8) is 0 Å². The fourth-order valence-electron chi connectivity index (χ4n) is 5.25. The van der Waals surface area contributed by atoms with E-state index in [9.17, 15) is 14.4 Å². The molecule has 2 aromatic rings. The summed E-state index contributed by atoms with van der Waals surface area (Å²) in [5.41, 5.74) is 4.03. The van der Waals surface area contributed by atoms with Gasteiger partial charge in [-0.05, 0) is 47.9 Å². The highest BCUT2D eigenvalue weighted by atomic mass is 16.5. The minimum absolute atomic E-state index is 0.00934. The van der Waals surface area contributed by atoms with E-state index < -0.39 is 17.5 Å². The van der Waals surface area contributed by atoms with Crippen LogP contribution in [0.25, 0.3) is 11.1 Å². The molecule has 0 unspecified atom stereocenters. The molecule has 0 atom stereocenters. The topological polar surface area (TPSA) is 105 Å². The molecule has 3 N–H and O–H groups in total. The Kier molecular flexibility index (Phi) is 5.56. The third kappa shape index (κ3) is 3.96. The van der Waals surface area contributed by atoms with Crippen LogP contribution in [-0.2, 0) is 14.3 Å². The van der Waals surface area contributed by atoms with E-state index in [-0.39, 0.29) is 36.9 Å². The predicted octanol–water partition coefficient (Wildman–Crippen LogP) is 3.67. The van der Waals surface area contributed by atoms with E-state index in [4.69, 9.17) is 9.84 Å². The van der Waals surface area contributed by atoms with Crippen molar-refractivity contribution < 1.29 is 24.2 Å². The van der Waals surface area contributed by atoms with Gasteiger partial charge in [0.15, 0.2) is 0 Å². The van der Waals surface area contributed by atoms with E-state index in [0.29, 0.717) is 25.7 Å². The number of hydrogen-bond acceptors (Lipinski definition) is 4. The van der Waals surface area contributed by atoms with Gasteiger partial charge in [-0.25, -0.2) is 4.79 Å². The van der Waals surface area contributed by atoms with Crippen molar-refractivity contribution in [1.29, 1.82) is 0 Å². The van der Waals surface area contributed by atoms with Crippen LogP contribution in [0.2, 0.25) is 0 Å². The molecule has 2 fully saturated rings. The second kappa shape index (κ2) is 8.54. The van der Waals surface area contributed by atoms with Crippen LogP contribution in [0.3, 0.4) is 0 Å². The molecule has 2 aromatic carbocycles. The lowest BCUT2D eigenvalue weighted by molar-refractivity contribution is -0.147. The van der Waals surface area contributed by atoms with Gasteiger partial charge in [-0.2, -0.15) is 0 Å². The lowest BCUT2D eigenvalue weighted by Crippen LogP contribution is -2.57. The Morgan fingerprint density at radius 2 is 1.58 bits per heavy atom. The summed E-state index contributed by atoms with van der Waals surface area (Å²) in [6, 6.07) is 16.3. The average molecular weight is 449 g/mol. The van der Waals surface area contributed by atoms with E-state index in [1.165, 1.54) is 11.1 Å². The van der Waals surface area contributed by atoms with E-state index in [0.717, 1.165) is 17.5 Å². The second-order valence-electron chi connectivity index (χ2n) is 9.49. The first-order valence-corrected chi connectivity index (χ1v) is 11.6. The molecule has 2 saturated carbocycles. The van der Waals surface area contributed by atoms with Gasteiger partial charge in [-0.1, -0.05) is 55.0 Å². The van der Waals surface area contributed by atoms with Gasteiger partial charge in [0.2, 0.25) is 5.91 Å². The lowest BCUT2D eigenvalue weighted by atomic mass is 9.67. The van der Waals surface area contributed by atoms with Gasteiger partial charge < -0.3 is 20.5 Å². The number of carbonyl (C=O) groups is 3. The Morgan fingerprint density at radius 1 is 0.970 bits per heavy atom. The van der Waals surface area contributed by atoms with Crippen molar-refractivity contribution >= 4 is 18.0 Å². The maximum absolute atomic E-state index is 12.8. The number of aliphatic carboxylic acids is 1. The molecule has 0 aliphatic heterocycles. The minimum atomic E-state index is -0.809. The van der Waals surface area contributed by atoms with Gasteiger partial charge in [0.05, 0.1) is 11.3 Å². The smallest absolute Gasteiger partial charge is 0.407 e. The van der Waals surface area contributed by atoms with Crippen molar-refractivity contribution in [3.05, 3.63) is 59.7 Å². The van der Waals surface area contributed by atoms with Gasteiger partial charge in [0, 0.05) is 18.5 Å². The number of amides is 2. The summed E-state index contributed by atoms with van der Waals surface area (Å²) in [5, 5.41) is 14.8. The van der Waals surface area contributed by atoms with Gasteiger partial charge in [0.1, 0.15) is 6.61 Å². The number of ether oxygens (including phenoxy) is 1. The van der Waals surface area contributed by atoms with E-state index >= 15 is 0 Å². The molecule has 0 bridgehead atoms. The highest BCUT2D eigenvalue weighted by Crippen LogP contribution is 2.45. The lowest BCUT2D eigenvalue weighted by Gasteiger charge is -2.43. The first-order chi connectivity index (χ1) is 16.0. The second-order valence-corrected chi connectivity index (χ2v) is 9.49. The first-order valence-electron chi connectivity index (χ1n) is 11.6. The molecule has 33 heavy (non-hydrogen) atoms. The van der Waals surface area contributed by atoms with Gasteiger partial charge in [-0.3, -0.25) is 9.59 Å². The summed E-state index contributed by atoms with van der Waals surface area (Å²) in [4.78, 5) is 36.3. The Bertz CT molecular complexity index is 1040. The quantitative estimate of drug-likeness (QED) is 0.599. The summed E-state index contributed by atoms with van der Waals surface area (Å²) in [7, 11) is 0. The maximum Gasteiger partial charge on any atom is 0.407 e. The Morgan fingerprint density at radius 3 is 2.12 bits per heavy atom. The zero-order chi connectivity index (χ0) is 23.0. The first kappa shape index (κ1) is 21.5. The van der Waals surface area contributed by atoms with Crippen LogP contribution in [-0.4, -0.2) is 42.3 Å². The molecule has 0 spiro atoms. The number of nitrogens with one attached hydrogen (secondary N) is 2. The van der Waals surface area contributed by atoms with Crippen LogP contribution in [0.15, 0.2) is 48.5 Å². The molecule has 7 nitrogen and oxygen atoms in total. The third-order valence-electron chi connectivity index (χ3n) is 7.53. The number of fused-ring (bicyclic) bond motifs is 3. The van der Waals surface area contributed by atoms with Gasteiger partial charge in [0.25, 0.3) is 0 Å². The number of carbonyl (C=O) groups excluding carboxylic acids is 2. The van der Waals surface area contributed by atoms with Crippen LogP contribution in [0.5, 0.6) is 0 Å². The van der Waals surface area contributed by atoms with E-state index in [1.807, 2.05) is 24.3 Å². The fraction of sp³-hybridized carbons (Fsp3) is 0.423. The Hall–Kier alpha value is -3.35. The van der Waals surface area contributed by atoms with Crippen LogP contribution in [0.1, 0.15) is 49.1 Å². The zero-order valence-electron chi connectivity index (χ0n) is 18.4. The summed E-state index contributed by atoms with van der Waals surface area (Å²) < 4.78 is 5.59.